The number of nitrogens with one attached hydrogen (secondary N) is 1. The number of carbonyl (C=O) groups is 1. The second-order valence-corrected chi connectivity index (χ2v) is 5.80. The van der Waals surface area contributed by atoms with Gasteiger partial charge in [0, 0.05) is 5.56 Å². The second-order valence-electron chi connectivity index (χ2n) is 5.80. The molecule has 24 heavy (non-hydrogen) atoms. The first-order chi connectivity index (χ1) is 11.7. The van der Waals surface area contributed by atoms with Gasteiger partial charge in [-0.3, -0.25) is 4.79 Å². The molecule has 0 fully saturated rings. The van der Waals surface area contributed by atoms with Gasteiger partial charge in [-0.1, -0.05) is 24.3 Å². The van der Waals surface area contributed by atoms with Gasteiger partial charge >= 0.3 is 0 Å². The van der Waals surface area contributed by atoms with Crippen LogP contribution in [-0.4, -0.2) is 19.3 Å². The predicted molar refractivity (Wildman–Crippen MR) is 89.0 cm³/mol. The Bertz CT molecular complexity index is 828. The molecule has 0 unspecified atom stereocenters. The van der Waals surface area contributed by atoms with Crippen LogP contribution in [0.4, 0.5) is 0 Å². The van der Waals surface area contributed by atoms with Gasteiger partial charge in [0.2, 0.25) is 6.79 Å². The lowest BCUT2D eigenvalue weighted by Crippen LogP contribution is -2.30. The predicted octanol–water partition coefficient (Wildman–Crippen LogP) is 3.07. The Kier molecular flexibility index (Phi) is 3.61. The number of para-hydroxylation sites is 1. The molecule has 2 aliphatic heterocycles. The zero-order chi connectivity index (χ0) is 16.5. The molecule has 4 rings (SSSR count). The van der Waals surface area contributed by atoms with Crippen LogP contribution in [0.15, 0.2) is 48.0 Å². The van der Waals surface area contributed by atoms with Gasteiger partial charge in [-0.2, -0.15) is 0 Å². The normalized spacial score (nSPS) is 15.8. The summed E-state index contributed by atoms with van der Waals surface area (Å²) < 4.78 is 16.3. The molecule has 0 radical (unpaired) electrons. The summed E-state index contributed by atoms with van der Waals surface area (Å²) in [5, 5.41) is 3.00. The molecule has 2 aromatic carbocycles. The minimum atomic E-state index is -0.148. The van der Waals surface area contributed by atoms with Crippen molar-refractivity contribution in [2.75, 3.05) is 13.4 Å². The molecule has 2 aromatic rings. The maximum Gasteiger partial charge on any atom is 0.251 e. The van der Waals surface area contributed by atoms with Crippen LogP contribution in [0.5, 0.6) is 17.2 Å². The summed E-state index contributed by atoms with van der Waals surface area (Å²) in [5.41, 5.74) is 2.50. The third-order valence-corrected chi connectivity index (χ3v) is 4.17. The van der Waals surface area contributed by atoms with Crippen LogP contribution in [0.1, 0.15) is 24.1 Å². The fraction of sp³-hybridized carbons (Fsp3) is 0.211. The van der Waals surface area contributed by atoms with E-state index < -0.39 is 0 Å². The Morgan fingerprint density at radius 1 is 1.04 bits per heavy atom. The second kappa shape index (κ2) is 5.92. The highest BCUT2D eigenvalue weighted by Gasteiger charge is 2.20. The summed E-state index contributed by atoms with van der Waals surface area (Å²) in [7, 11) is 0. The van der Waals surface area contributed by atoms with Crippen molar-refractivity contribution in [3.8, 4) is 17.2 Å². The topological polar surface area (TPSA) is 56.8 Å². The quantitative estimate of drug-likeness (QED) is 0.943. The van der Waals surface area contributed by atoms with Gasteiger partial charge in [0.05, 0.1) is 11.6 Å². The molecule has 0 spiro atoms. The molecule has 0 aliphatic carbocycles. The summed E-state index contributed by atoms with van der Waals surface area (Å²) in [4.78, 5) is 12.5. The molecule has 0 bridgehead atoms. The molecule has 1 atom stereocenters. The van der Waals surface area contributed by atoms with E-state index >= 15 is 0 Å². The van der Waals surface area contributed by atoms with Crippen LogP contribution in [0.3, 0.4) is 0 Å². The molecule has 2 heterocycles. The van der Waals surface area contributed by atoms with Crippen molar-refractivity contribution in [1.82, 2.24) is 5.32 Å². The lowest BCUT2D eigenvalue weighted by molar-refractivity contribution is -0.118. The van der Waals surface area contributed by atoms with Crippen LogP contribution >= 0.6 is 0 Å². The van der Waals surface area contributed by atoms with E-state index in [9.17, 15) is 4.79 Å². The van der Waals surface area contributed by atoms with Gasteiger partial charge in [0.1, 0.15) is 12.4 Å². The molecular weight excluding hydrogens is 306 g/mol. The van der Waals surface area contributed by atoms with Crippen molar-refractivity contribution in [2.24, 2.45) is 0 Å². The monoisotopic (exact) mass is 323 g/mol. The van der Waals surface area contributed by atoms with Crippen LogP contribution in [0.2, 0.25) is 0 Å². The van der Waals surface area contributed by atoms with Crippen molar-refractivity contribution >= 4 is 12.0 Å². The third kappa shape index (κ3) is 2.69. The molecule has 5 nitrogen and oxygen atoms in total. The molecule has 0 saturated heterocycles. The fourth-order valence-electron chi connectivity index (χ4n) is 2.80. The number of benzene rings is 2. The van der Waals surface area contributed by atoms with E-state index in [2.05, 4.69) is 5.32 Å². The summed E-state index contributed by atoms with van der Waals surface area (Å²) in [6.07, 6.45) is 1.88. The Morgan fingerprint density at radius 3 is 2.79 bits per heavy atom. The minimum Gasteiger partial charge on any atom is -0.488 e. The SMILES string of the molecule is C[C@@H](NC(=O)C1=Cc2ccccc2OC1)c1ccc2c(c1)OCO2. The Labute approximate surface area is 139 Å². The van der Waals surface area contributed by atoms with Crippen molar-refractivity contribution in [2.45, 2.75) is 13.0 Å². The largest absolute Gasteiger partial charge is 0.488 e. The van der Waals surface area contributed by atoms with Crippen LogP contribution < -0.4 is 19.5 Å². The van der Waals surface area contributed by atoms with E-state index in [4.69, 9.17) is 14.2 Å². The van der Waals surface area contributed by atoms with E-state index in [1.807, 2.05) is 55.5 Å². The highest BCUT2D eigenvalue weighted by atomic mass is 16.7. The highest BCUT2D eigenvalue weighted by molar-refractivity contribution is 5.99. The maximum atomic E-state index is 12.5. The average molecular weight is 323 g/mol. The van der Waals surface area contributed by atoms with E-state index in [1.54, 1.807) is 0 Å². The van der Waals surface area contributed by atoms with Crippen LogP contribution in [0.25, 0.3) is 6.08 Å². The van der Waals surface area contributed by atoms with E-state index in [0.29, 0.717) is 11.3 Å². The minimum absolute atomic E-state index is 0.130. The summed E-state index contributed by atoms with van der Waals surface area (Å²) in [5.74, 6) is 2.12. The van der Waals surface area contributed by atoms with Crippen LogP contribution in [0, 0.1) is 0 Å². The van der Waals surface area contributed by atoms with Gasteiger partial charge in [-0.25, -0.2) is 0 Å². The van der Waals surface area contributed by atoms with Gasteiger partial charge < -0.3 is 19.5 Å². The summed E-state index contributed by atoms with van der Waals surface area (Å²) in [6, 6.07) is 13.2. The molecule has 1 N–H and O–H groups in total. The van der Waals surface area contributed by atoms with Gasteiger partial charge in [0.15, 0.2) is 11.5 Å². The van der Waals surface area contributed by atoms with Crippen molar-refractivity contribution in [3.05, 3.63) is 59.2 Å². The van der Waals surface area contributed by atoms with E-state index in [0.717, 1.165) is 22.6 Å². The van der Waals surface area contributed by atoms with Crippen molar-refractivity contribution in [3.63, 3.8) is 0 Å². The molecular formula is C19H17NO4. The first kappa shape index (κ1) is 14.6. The zero-order valence-corrected chi connectivity index (χ0v) is 13.2. The molecule has 1 amide bonds. The van der Waals surface area contributed by atoms with Gasteiger partial charge in [-0.15, -0.1) is 0 Å². The third-order valence-electron chi connectivity index (χ3n) is 4.17. The number of amides is 1. The number of ether oxygens (including phenoxy) is 3. The summed E-state index contributed by atoms with van der Waals surface area (Å²) >= 11 is 0. The first-order valence-corrected chi connectivity index (χ1v) is 7.83. The Hall–Kier alpha value is -2.95. The van der Waals surface area contributed by atoms with E-state index in [-0.39, 0.29) is 25.3 Å². The molecule has 0 aromatic heterocycles. The molecule has 0 saturated carbocycles. The lowest BCUT2D eigenvalue weighted by atomic mass is 10.0. The first-order valence-electron chi connectivity index (χ1n) is 7.83. The van der Waals surface area contributed by atoms with Crippen molar-refractivity contribution < 1.29 is 19.0 Å². The molecule has 5 heteroatoms. The standard InChI is InChI=1S/C19H17NO4/c1-12(13-6-7-17-18(9-13)24-11-23-17)20-19(21)15-8-14-4-2-3-5-16(14)22-10-15/h2-9,12H,10-11H2,1H3,(H,20,21)/t12-/m1/s1. The number of rotatable bonds is 3. The van der Waals surface area contributed by atoms with E-state index in [1.165, 1.54) is 0 Å². The smallest absolute Gasteiger partial charge is 0.251 e. The number of hydrogen-bond acceptors (Lipinski definition) is 4. The summed E-state index contributed by atoms with van der Waals surface area (Å²) in [6.45, 7) is 2.45. The molecule has 2 aliphatic rings. The number of fused-ring (bicyclic) bond motifs is 2. The highest BCUT2D eigenvalue weighted by Crippen LogP contribution is 2.34. The molecule has 122 valence electrons. The fourth-order valence-corrected chi connectivity index (χ4v) is 2.80. The van der Waals surface area contributed by atoms with Gasteiger partial charge in [-0.05, 0) is 36.8 Å². The lowest BCUT2D eigenvalue weighted by Gasteiger charge is -2.20. The average Bonchev–Trinajstić information content (AvgIpc) is 3.08. The van der Waals surface area contributed by atoms with Crippen molar-refractivity contribution in [1.29, 1.82) is 0 Å². The van der Waals surface area contributed by atoms with Gasteiger partial charge in [0.25, 0.3) is 5.91 Å². The zero-order valence-electron chi connectivity index (χ0n) is 13.2. The Balaban J connectivity index is 1.49. The van der Waals surface area contributed by atoms with Crippen LogP contribution in [-0.2, 0) is 4.79 Å². The Morgan fingerprint density at radius 2 is 1.88 bits per heavy atom. The maximum absolute atomic E-state index is 12.5. The number of hydrogen-bond donors (Lipinski definition) is 1. The number of carbonyl (C=O) groups excluding carboxylic acids is 1.